The Labute approximate surface area is 106 Å². The van der Waals surface area contributed by atoms with Crippen LogP contribution in [0.3, 0.4) is 0 Å². The fourth-order valence-electron chi connectivity index (χ4n) is 1.96. The van der Waals surface area contributed by atoms with Crippen LogP contribution in [0.1, 0.15) is 23.7 Å². The van der Waals surface area contributed by atoms with Crippen molar-refractivity contribution in [3.8, 4) is 5.75 Å². The number of likely N-dealkylation sites (N-methyl/N-ethyl adjacent to an activating group) is 1. The van der Waals surface area contributed by atoms with Gasteiger partial charge in [-0.3, -0.25) is 9.59 Å². The predicted octanol–water partition coefficient (Wildman–Crippen LogP) is 0.962. The summed E-state index contributed by atoms with van der Waals surface area (Å²) in [7, 11) is 1.68. The summed E-state index contributed by atoms with van der Waals surface area (Å²) in [6, 6.07) is 5.10. The fraction of sp³-hybridized carbons (Fsp3) is 0.385. The number of hydrogen-bond acceptors (Lipinski definition) is 4. The number of ketones is 1. The van der Waals surface area contributed by atoms with Crippen LogP contribution in [0.25, 0.3) is 0 Å². The van der Waals surface area contributed by atoms with E-state index in [-0.39, 0.29) is 11.7 Å². The highest BCUT2D eigenvalue weighted by Crippen LogP contribution is 2.34. The lowest BCUT2D eigenvalue weighted by Crippen LogP contribution is -2.42. The molecule has 5 heteroatoms. The Hall–Kier alpha value is -1.88. The average Bonchev–Trinajstić information content (AvgIpc) is 2.36. The van der Waals surface area contributed by atoms with Gasteiger partial charge < -0.3 is 15.4 Å². The Bertz CT molecular complexity index is 499. The summed E-state index contributed by atoms with van der Waals surface area (Å²) in [5.41, 5.74) is 6.54. The maximum absolute atomic E-state index is 11.8. The summed E-state index contributed by atoms with van der Waals surface area (Å²) in [4.78, 5) is 25.1. The third-order valence-corrected chi connectivity index (χ3v) is 3.00. The lowest BCUT2D eigenvalue weighted by atomic mass is 10.1. The van der Waals surface area contributed by atoms with Gasteiger partial charge in [0.1, 0.15) is 5.75 Å². The van der Waals surface area contributed by atoms with Crippen molar-refractivity contribution in [1.29, 1.82) is 0 Å². The molecule has 0 fully saturated rings. The first-order chi connectivity index (χ1) is 8.54. The fourth-order valence-corrected chi connectivity index (χ4v) is 1.96. The van der Waals surface area contributed by atoms with Crippen LogP contribution >= 0.6 is 0 Å². The standard InChI is InChI=1S/C13H16N2O3/c1-8-13(17)15(2)10-7-9(11(16)5-6-14)3-4-12(10)18-8/h3-4,7-8H,5-6,14H2,1-2H3. The highest BCUT2D eigenvalue weighted by atomic mass is 16.5. The van der Waals surface area contributed by atoms with Gasteiger partial charge >= 0.3 is 0 Å². The average molecular weight is 248 g/mol. The minimum absolute atomic E-state index is 0.0280. The first-order valence-electron chi connectivity index (χ1n) is 5.86. The molecule has 1 aromatic rings. The van der Waals surface area contributed by atoms with E-state index >= 15 is 0 Å². The largest absolute Gasteiger partial charge is 0.479 e. The number of carbonyl (C=O) groups is 2. The zero-order valence-electron chi connectivity index (χ0n) is 10.5. The molecule has 0 spiro atoms. The molecule has 0 radical (unpaired) electrons. The third-order valence-electron chi connectivity index (χ3n) is 3.00. The van der Waals surface area contributed by atoms with E-state index in [0.29, 0.717) is 30.0 Å². The van der Waals surface area contributed by atoms with E-state index in [1.807, 2.05) is 0 Å². The topological polar surface area (TPSA) is 72.6 Å². The molecule has 1 aliphatic heterocycles. The number of amides is 1. The summed E-state index contributed by atoms with van der Waals surface area (Å²) < 4.78 is 5.48. The summed E-state index contributed by atoms with van der Waals surface area (Å²) in [5, 5.41) is 0. The molecule has 1 aliphatic rings. The molecule has 5 nitrogen and oxygen atoms in total. The lowest BCUT2D eigenvalue weighted by Gasteiger charge is -2.30. The molecular weight excluding hydrogens is 232 g/mol. The predicted molar refractivity (Wildman–Crippen MR) is 67.9 cm³/mol. The summed E-state index contributed by atoms with van der Waals surface area (Å²) in [5.74, 6) is 0.472. The second-order valence-corrected chi connectivity index (χ2v) is 4.30. The maximum Gasteiger partial charge on any atom is 0.267 e. The van der Waals surface area contributed by atoms with Crippen molar-refractivity contribution in [3.63, 3.8) is 0 Å². The maximum atomic E-state index is 11.8. The van der Waals surface area contributed by atoms with Crippen LogP contribution in [0.5, 0.6) is 5.75 Å². The van der Waals surface area contributed by atoms with Crippen LogP contribution in [0.4, 0.5) is 5.69 Å². The number of nitrogens with two attached hydrogens (primary N) is 1. The number of hydrogen-bond donors (Lipinski definition) is 1. The van der Waals surface area contributed by atoms with Gasteiger partial charge in [-0.15, -0.1) is 0 Å². The van der Waals surface area contributed by atoms with Crippen molar-refractivity contribution in [3.05, 3.63) is 23.8 Å². The van der Waals surface area contributed by atoms with E-state index in [9.17, 15) is 9.59 Å². The quantitative estimate of drug-likeness (QED) is 0.809. The number of Topliss-reactive ketones (excluding diaryl/α,β-unsaturated/α-hetero) is 1. The van der Waals surface area contributed by atoms with Gasteiger partial charge in [0.2, 0.25) is 0 Å². The SMILES string of the molecule is CC1Oc2ccc(C(=O)CCN)cc2N(C)C1=O. The normalized spacial score (nSPS) is 18.3. The number of rotatable bonds is 3. The molecule has 1 atom stereocenters. The molecule has 1 unspecified atom stereocenters. The van der Waals surface area contributed by atoms with Crippen LogP contribution in [0.2, 0.25) is 0 Å². The molecule has 0 aliphatic carbocycles. The molecule has 2 rings (SSSR count). The third kappa shape index (κ3) is 2.09. The van der Waals surface area contributed by atoms with Crippen molar-refractivity contribution >= 4 is 17.4 Å². The molecule has 18 heavy (non-hydrogen) atoms. The van der Waals surface area contributed by atoms with E-state index in [2.05, 4.69) is 0 Å². The molecule has 0 bridgehead atoms. The van der Waals surface area contributed by atoms with E-state index in [0.717, 1.165) is 0 Å². The smallest absolute Gasteiger partial charge is 0.267 e. The molecule has 0 aromatic heterocycles. The van der Waals surface area contributed by atoms with Crippen LogP contribution < -0.4 is 15.4 Å². The van der Waals surface area contributed by atoms with Crippen molar-refractivity contribution in [2.75, 3.05) is 18.5 Å². The Kier molecular flexibility index (Phi) is 3.34. The number of ether oxygens (including phenoxy) is 1. The molecule has 1 heterocycles. The van der Waals surface area contributed by atoms with E-state index in [1.165, 1.54) is 4.90 Å². The van der Waals surface area contributed by atoms with E-state index in [1.54, 1.807) is 32.2 Å². The van der Waals surface area contributed by atoms with Crippen LogP contribution in [0.15, 0.2) is 18.2 Å². The van der Waals surface area contributed by atoms with Crippen LogP contribution in [0, 0.1) is 0 Å². The molecular formula is C13H16N2O3. The highest BCUT2D eigenvalue weighted by Gasteiger charge is 2.29. The van der Waals surface area contributed by atoms with Gasteiger partial charge in [-0.1, -0.05) is 0 Å². The number of fused-ring (bicyclic) bond motifs is 1. The second kappa shape index (κ2) is 4.78. The summed E-state index contributed by atoms with van der Waals surface area (Å²) in [6.45, 7) is 2.02. The lowest BCUT2D eigenvalue weighted by molar-refractivity contribution is -0.125. The van der Waals surface area contributed by atoms with Gasteiger partial charge in [0.15, 0.2) is 11.9 Å². The Morgan fingerprint density at radius 3 is 2.89 bits per heavy atom. The molecule has 0 saturated heterocycles. The van der Waals surface area contributed by atoms with E-state index < -0.39 is 6.10 Å². The minimum atomic E-state index is -0.493. The van der Waals surface area contributed by atoms with Gasteiger partial charge in [0, 0.05) is 19.0 Å². The van der Waals surface area contributed by atoms with Crippen molar-refractivity contribution in [2.24, 2.45) is 5.73 Å². The van der Waals surface area contributed by atoms with Gasteiger partial charge in [0.25, 0.3) is 5.91 Å². The Morgan fingerprint density at radius 1 is 1.50 bits per heavy atom. The molecule has 0 saturated carbocycles. The number of benzene rings is 1. The monoisotopic (exact) mass is 248 g/mol. The van der Waals surface area contributed by atoms with Crippen molar-refractivity contribution < 1.29 is 14.3 Å². The molecule has 1 amide bonds. The van der Waals surface area contributed by atoms with E-state index in [4.69, 9.17) is 10.5 Å². The molecule has 96 valence electrons. The number of anilines is 1. The second-order valence-electron chi connectivity index (χ2n) is 4.30. The zero-order valence-corrected chi connectivity index (χ0v) is 10.5. The highest BCUT2D eigenvalue weighted by molar-refractivity contribution is 6.02. The van der Waals surface area contributed by atoms with Crippen LogP contribution in [-0.4, -0.2) is 31.4 Å². The van der Waals surface area contributed by atoms with Gasteiger partial charge in [-0.05, 0) is 31.7 Å². The zero-order chi connectivity index (χ0) is 13.3. The van der Waals surface area contributed by atoms with Crippen molar-refractivity contribution in [1.82, 2.24) is 0 Å². The van der Waals surface area contributed by atoms with Gasteiger partial charge in [-0.2, -0.15) is 0 Å². The molecule has 1 aromatic carbocycles. The van der Waals surface area contributed by atoms with Gasteiger partial charge in [-0.25, -0.2) is 0 Å². The van der Waals surface area contributed by atoms with Crippen LogP contribution in [-0.2, 0) is 4.79 Å². The number of carbonyl (C=O) groups excluding carboxylic acids is 2. The minimum Gasteiger partial charge on any atom is -0.479 e. The number of nitrogens with zero attached hydrogens (tertiary/aromatic N) is 1. The van der Waals surface area contributed by atoms with Crippen molar-refractivity contribution in [2.45, 2.75) is 19.4 Å². The summed E-state index contributed by atoms with van der Waals surface area (Å²) in [6.07, 6.45) is -0.193. The molecule has 2 N–H and O–H groups in total. The Balaban J connectivity index is 2.37. The van der Waals surface area contributed by atoms with Gasteiger partial charge in [0.05, 0.1) is 5.69 Å². The first kappa shape index (κ1) is 12.6. The summed E-state index contributed by atoms with van der Waals surface area (Å²) >= 11 is 0. The Morgan fingerprint density at radius 2 is 2.22 bits per heavy atom. The first-order valence-corrected chi connectivity index (χ1v) is 5.86.